The van der Waals surface area contributed by atoms with Crippen LogP contribution >= 0.6 is 0 Å². The van der Waals surface area contributed by atoms with Crippen molar-refractivity contribution in [2.75, 3.05) is 20.3 Å². The second-order valence-electron chi connectivity index (χ2n) is 5.64. The minimum Gasteiger partial charge on any atom is -0.493 e. The first-order valence-corrected chi connectivity index (χ1v) is 7.92. The van der Waals surface area contributed by atoms with E-state index < -0.39 is 7.12 Å². The Labute approximate surface area is 137 Å². The molecule has 3 rings (SSSR count). The molecule has 0 radical (unpaired) electrons. The molecule has 1 heterocycles. The Morgan fingerprint density at radius 2 is 2.00 bits per heavy atom. The summed E-state index contributed by atoms with van der Waals surface area (Å²) in [7, 11) is 1.00. The van der Waals surface area contributed by atoms with Crippen molar-refractivity contribution in [3.8, 4) is 22.6 Å². The predicted octanol–water partition coefficient (Wildman–Crippen LogP) is 3.36. The first-order valence-electron chi connectivity index (χ1n) is 7.92. The van der Waals surface area contributed by atoms with Gasteiger partial charge in [-0.05, 0) is 42.1 Å². The number of hydrogen-bond donors (Lipinski definition) is 1. The molecule has 2 aromatic carbocycles. The average molecular weight is 312 g/mol. The molecule has 0 aromatic heterocycles. The first kappa shape index (κ1) is 15.9. The lowest BCUT2D eigenvalue weighted by atomic mass is 9.79. The van der Waals surface area contributed by atoms with E-state index in [9.17, 15) is 5.02 Å². The van der Waals surface area contributed by atoms with Gasteiger partial charge in [-0.1, -0.05) is 30.3 Å². The lowest BCUT2D eigenvalue weighted by Gasteiger charge is -2.13. The Morgan fingerprint density at radius 1 is 1.17 bits per heavy atom. The van der Waals surface area contributed by atoms with Crippen molar-refractivity contribution in [1.29, 1.82) is 0 Å². The molecule has 23 heavy (non-hydrogen) atoms. The molecule has 0 aliphatic carbocycles. The molecular formula is C18H21BO4. The zero-order valence-electron chi connectivity index (χ0n) is 13.5. The summed E-state index contributed by atoms with van der Waals surface area (Å²) in [6, 6.07) is 14.3. The Bertz CT molecular complexity index is 674. The van der Waals surface area contributed by atoms with E-state index in [1.165, 1.54) is 5.56 Å². The van der Waals surface area contributed by atoms with Crippen LogP contribution in [0.1, 0.15) is 18.4 Å². The summed E-state index contributed by atoms with van der Waals surface area (Å²) >= 11 is 0. The summed E-state index contributed by atoms with van der Waals surface area (Å²) in [6.07, 6.45) is 0.649. The minimum atomic E-state index is -0.644. The summed E-state index contributed by atoms with van der Waals surface area (Å²) in [5.74, 6) is 1.73. The Balaban J connectivity index is 1.89. The number of methoxy groups -OCH3 is 1. The second kappa shape index (κ2) is 7.07. The summed E-state index contributed by atoms with van der Waals surface area (Å²) in [6.45, 7) is 3.13. The highest BCUT2D eigenvalue weighted by Gasteiger charge is 2.29. The highest BCUT2D eigenvalue weighted by atomic mass is 16.5. The molecule has 5 heteroatoms. The molecule has 0 amide bonds. The van der Waals surface area contributed by atoms with Crippen molar-refractivity contribution in [2.45, 2.75) is 19.2 Å². The van der Waals surface area contributed by atoms with Gasteiger partial charge in [0.15, 0.2) is 11.5 Å². The topological polar surface area (TPSA) is 47.9 Å². The second-order valence-corrected chi connectivity index (χ2v) is 5.64. The van der Waals surface area contributed by atoms with Gasteiger partial charge < -0.3 is 19.2 Å². The van der Waals surface area contributed by atoms with Gasteiger partial charge in [0.2, 0.25) is 0 Å². The largest absolute Gasteiger partial charge is 0.493 e. The summed E-state index contributed by atoms with van der Waals surface area (Å²) in [5.41, 5.74) is 3.38. The Kier molecular flexibility index (Phi) is 4.89. The predicted molar refractivity (Wildman–Crippen MR) is 91.1 cm³/mol. The van der Waals surface area contributed by atoms with Crippen LogP contribution in [0.3, 0.4) is 0 Å². The molecule has 1 aliphatic rings. The lowest BCUT2D eigenvalue weighted by molar-refractivity contribution is 0.292. The highest BCUT2D eigenvalue weighted by Crippen LogP contribution is 2.35. The smallest absolute Gasteiger partial charge is 0.454 e. The number of hydrogen-bond acceptors (Lipinski definition) is 4. The zero-order chi connectivity index (χ0) is 16.2. The molecule has 1 aliphatic heterocycles. The first-order chi connectivity index (χ1) is 11.2. The number of benzene rings is 2. The van der Waals surface area contributed by atoms with Crippen molar-refractivity contribution < 1.29 is 19.2 Å². The SMILES string of the molecule is CCOc1ccc(-c2cccc(C3COB(O)C3)c2)cc1OC. The standard InChI is InChI=1S/C18H21BO4/c1-3-22-17-8-7-15(10-18(17)21-2)13-5-4-6-14(9-13)16-11-19(20)23-12-16/h4-10,16,20H,3,11-12H2,1-2H3. The third kappa shape index (κ3) is 3.51. The number of ether oxygens (including phenoxy) is 2. The molecule has 1 saturated heterocycles. The van der Waals surface area contributed by atoms with Crippen LogP contribution in [0.2, 0.25) is 6.32 Å². The molecular weight excluding hydrogens is 291 g/mol. The van der Waals surface area contributed by atoms with Crippen molar-refractivity contribution in [1.82, 2.24) is 0 Å². The normalized spacial score (nSPS) is 17.3. The minimum absolute atomic E-state index is 0.245. The van der Waals surface area contributed by atoms with Crippen LogP contribution in [0.25, 0.3) is 11.1 Å². The van der Waals surface area contributed by atoms with Crippen LogP contribution in [0.15, 0.2) is 42.5 Å². The van der Waals surface area contributed by atoms with E-state index in [1.807, 2.05) is 31.2 Å². The van der Waals surface area contributed by atoms with Gasteiger partial charge in [0, 0.05) is 12.5 Å². The van der Waals surface area contributed by atoms with Crippen LogP contribution in [0.4, 0.5) is 0 Å². The van der Waals surface area contributed by atoms with Gasteiger partial charge in [-0.25, -0.2) is 0 Å². The van der Waals surface area contributed by atoms with E-state index in [0.29, 0.717) is 19.5 Å². The zero-order valence-corrected chi connectivity index (χ0v) is 13.5. The van der Waals surface area contributed by atoms with Crippen molar-refractivity contribution >= 4 is 7.12 Å². The molecule has 0 saturated carbocycles. The molecule has 1 unspecified atom stereocenters. The molecule has 120 valence electrons. The maximum Gasteiger partial charge on any atom is 0.454 e. The third-order valence-corrected chi connectivity index (χ3v) is 4.13. The maximum atomic E-state index is 9.54. The summed E-state index contributed by atoms with van der Waals surface area (Å²) < 4.78 is 16.3. The Hall–Kier alpha value is -1.98. The van der Waals surface area contributed by atoms with Crippen LogP contribution < -0.4 is 9.47 Å². The van der Waals surface area contributed by atoms with Gasteiger partial charge in [0.25, 0.3) is 0 Å². The fraction of sp³-hybridized carbons (Fsp3) is 0.333. The molecule has 4 nitrogen and oxygen atoms in total. The average Bonchev–Trinajstić information content (AvgIpc) is 3.02. The van der Waals surface area contributed by atoms with Gasteiger partial charge in [0.05, 0.1) is 13.7 Å². The van der Waals surface area contributed by atoms with E-state index in [0.717, 1.165) is 22.6 Å². The van der Waals surface area contributed by atoms with Gasteiger partial charge in [-0.2, -0.15) is 0 Å². The highest BCUT2D eigenvalue weighted by molar-refractivity contribution is 6.43. The molecule has 0 bridgehead atoms. The molecule has 2 aromatic rings. The Morgan fingerprint density at radius 3 is 2.70 bits per heavy atom. The van der Waals surface area contributed by atoms with Crippen LogP contribution in [-0.4, -0.2) is 32.5 Å². The van der Waals surface area contributed by atoms with E-state index in [2.05, 4.69) is 18.2 Å². The molecule has 0 spiro atoms. The third-order valence-electron chi connectivity index (χ3n) is 4.13. The van der Waals surface area contributed by atoms with Crippen LogP contribution in [0, 0.1) is 0 Å². The van der Waals surface area contributed by atoms with E-state index in [4.69, 9.17) is 14.1 Å². The van der Waals surface area contributed by atoms with E-state index >= 15 is 0 Å². The van der Waals surface area contributed by atoms with Gasteiger partial charge >= 0.3 is 7.12 Å². The fourth-order valence-electron chi connectivity index (χ4n) is 2.93. The van der Waals surface area contributed by atoms with Gasteiger partial charge in [-0.15, -0.1) is 0 Å². The van der Waals surface area contributed by atoms with Crippen molar-refractivity contribution in [2.24, 2.45) is 0 Å². The molecule has 1 fully saturated rings. The van der Waals surface area contributed by atoms with Crippen LogP contribution in [0.5, 0.6) is 11.5 Å². The fourth-order valence-corrected chi connectivity index (χ4v) is 2.93. The van der Waals surface area contributed by atoms with Gasteiger partial charge in [0.1, 0.15) is 0 Å². The molecule has 1 atom stereocenters. The lowest BCUT2D eigenvalue weighted by Crippen LogP contribution is -2.07. The number of rotatable bonds is 5. The molecule has 1 N–H and O–H groups in total. The summed E-state index contributed by atoms with van der Waals surface area (Å²) in [4.78, 5) is 0. The maximum absolute atomic E-state index is 9.54. The quantitative estimate of drug-likeness (QED) is 0.860. The summed E-state index contributed by atoms with van der Waals surface area (Å²) in [5, 5.41) is 9.54. The monoisotopic (exact) mass is 312 g/mol. The van der Waals surface area contributed by atoms with Crippen molar-refractivity contribution in [3.63, 3.8) is 0 Å². The van der Waals surface area contributed by atoms with Gasteiger partial charge in [-0.3, -0.25) is 0 Å². The van der Waals surface area contributed by atoms with E-state index in [-0.39, 0.29) is 5.92 Å². The van der Waals surface area contributed by atoms with Crippen molar-refractivity contribution in [3.05, 3.63) is 48.0 Å². The van der Waals surface area contributed by atoms with E-state index in [1.54, 1.807) is 7.11 Å². The van der Waals surface area contributed by atoms with Crippen LogP contribution in [-0.2, 0) is 4.65 Å².